The van der Waals surface area contributed by atoms with Crippen LogP contribution in [-0.2, 0) is 4.79 Å². The van der Waals surface area contributed by atoms with Crippen molar-refractivity contribution in [3.8, 4) is 5.75 Å². The lowest BCUT2D eigenvalue weighted by Gasteiger charge is -2.30. The molecule has 1 fully saturated rings. The van der Waals surface area contributed by atoms with Crippen LogP contribution in [0.2, 0.25) is 0 Å². The van der Waals surface area contributed by atoms with E-state index < -0.39 is 11.9 Å². The molecule has 5 heteroatoms. The number of ether oxygens (including phenoxy) is 1. The Hall–Kier alpha value is -2.04. The van der Waals surface area contributed by atoms with E-state index in [1.54, 1.807) is 29.2 Å². The van der Waals surface area contributed by atoms with Crippen molar-refractivity contribution < 1.29 is 19.4 Å². The molecule has 1 aromatic carbocycles. The lowest BCUT2D eigenvalue weighted by molar-refractivity contribution is -0.143. The summed E-state index contributed by atoms with van der Waals surface area (Å²) in [6.07, 6.45) is 2.31. The number of hydrogen-bond acceptors (Lipinski definition) is 3. The Morgan fingerprint density at radius 2 is 2.05 bits per heavy atom. The van der Waals surface area contributed by atoms with Crippen LogP contribution in [0.15, 0.2) is 24.3 Å². The molecule has 0 aliphatic carbocycles. The summed E-state index contributed by atoms with van der Waals surface area (Å²) in [5, 5.41) is 9.07. The molecule has 114 valence electrons. The Morgan fingerprint density at radius 1 is 1.33 bits per heavy atom. The van der Waals surface area contributed by atoms with E-state index in [0.717, 1.165) is 18.6 Å². The van der Waals surface area contributed by atoms with Crippen LogP contribution >= 0.6 is 0 Å². The fraction of sp³-hybridized carbons (Fsp3) is 0.500. The van der Waals surface area contributed by atoms with Gasteiger partial charge in [0.1, 0.15) is 5.75 Å². The van der Waals surface area contributed by atoms with E-state index in [2.05, 4.69) is 0 Å². The lowest BCUT2D eigenvalue weighted by Crippen LogP contribution is -2.42. The van der Waals surface area contributed by atoms with Crippen LogP contribution in [0.5, 0.6) is 5.75 Å². The average Bonchev–Trinajstić information content (AvgIpc) is 2.53. The third kappa shape index (κ3) is 3.97. The van der Waals surface area contributed by atoms with Gasteiger partial charge in [-0.25, -0.2) is 0 Å². The molecule has 0 spiro atoms. The molecule has 1 aliphatic rings. The van der Waals surface area contributed by atoms with Crippen LogP contribution in [0.4, 0.5) is 0 Å². The van der Waals surface area contributed by atoms with Crippen molar-refractivity contribution in [2.75, 3.05) is 19.7 Å². The van der Waals surface area contributed by atoms with Gasteiger partial charge in [-0.15, -0.1) is 0 Å². The number of nitrogens with zero attached hydrogens (tertiary/aromatic N) is 1. The normalized spacial score (nSPS) is 18.3. The molecule has 0 bridgehead atoms. The highest BCUT2D eigenvalue weighted by Crippen LogP contribution is 2.20. The molecule has 1 N–H and O–H groups in total. The second kappa shape index (κ2) is 7.11. The minimum atomic E-state index is -0.823. The second-order valence-electron chi connectivity index (χ2n) is 5.30. The van der Waals surface area contributed by atoms with Crippen LogP contribution in [-0.4, -0.2) is 41.6 Å². The molecule has 21 heavy (non-hydrogen) atoms. The largest absolute Gasteiger partial charge is 0.494 e. The second-order valence-corrected chi connectivity index (χ2v) is 5.30. The smallest absolute Gasteiger partial charge is 0.308 e. The van der Waals surface area contributed by atoms with E-state index in [0.29, 0.717) is 31.7 Å². The number of benzene rings is 1. The van der Waals surface area contributed by atoms with Crippen LogP contribution in [0.25, 0.3) is 0 Å². The Labute approximate surface area is 124 Å². The summed E-state index contributed by atoms with van der Waals surface area (Å²) in [6.45, 7) is 3.60. The molecule has 5 nitrogen and oxygen atoms in total. The molecule has 1 atom stereocenters. The molecule has 2 rings (SSSR count). The zero-order valence-electron chi connectivity index (χ0n) is 12.2. The van der Waals surface area contributed by atoms with Gasteiger partial charge in [-0.3, -0.25) is 9.59 Å². The lowest BCUT2D eigenvalue weighted by atomic mass is 9.97. The molecule has 0 radical (unpaired) electrons. The summed E-state index contributed by atoms with van der Waals surface area (Å²) in [5.74, 6) is -0.635. The van der Waals surface area contributed by atoms with Crippen molar-refractivity contribution in [1.29, 1.82) is 0 Å². The first kappa shape index (κ1) is 15.4. The van der Waals surface area contributed by atoms with Crippen LogP contribution in [0.1, 0.15) is 36.5 Å². The SMILES string of the molecule is CCCOc1ccc(C(=O)N2CCC[C@@H](C(=O)O)C2)cc1. The Morgan fingerprint density at radius 3 is 2.67 bits per heavy atom. The van der Waals surface area contributed by atoms with Gasteiger partial charge in [0, 0.05) is 18.7 Å². The number of carbonyl (C=O) groups is 2. The van der Waals surface area contributed by atoms with Crippen molar-refractivity contribution in [2.24, 2.45) is 5.92 Å². The average molecular weight is 291 g/mol. The number of hydrogen-bond donors (Lipinski definition) is 1. The minimum Gasteiger partial charge on any atom is -0.494 e. The summed E-state index contributed by atoms with van der Waals surface area (Å²) < 4.78 is 5.48. The molecular formula is C16H21NO4. The van der Waals surface area contributed by atoms with E-state index >= 15 is 0 Å². The summed E-state index contributed by atoms with van der Waals surface area (Å²) >= 11 is 0. The minimum absolute atomic E-state index is 0.108. The standard InChI is InChI=1S/C16H21NO4/c1-2-10-21-14-7-5-12(6-8-14)15(18)17-9-3-4-13(11-17)16(19)20/h5-8,13H,2-4,9-11H2,1H3,(H,19,20)/t13-/m1/s1. The maximum absolute atomic E-state index is 12.4. The van der Waals surface area contributed by atoms with E-state index in [-0.39, 0.29) is 5.91 Å². The first-order chi connectivity index (χ1) is 10.1. The van der Waals surface area contributed by atoms with E-state index in [1.165, 1.54) is 0 Å². The molecular weight excluding hydrogens is 270 g/mol. The van der Waals surface area contributed by atoms with Gasteiger partial charge < -0.3 is 14.7 Å². The molecule has 0 aromatic heterocycles. The number of carboxylic acids is 1. The van der Waals surface area contributed by atoms with Crippen molar-refractivity contribution >= 4 is 11.9 Å². The van der Waals surface area contributed by atoms with Crippen LogP contribution in [0, 0.1) is 5.92 Å². The predicted molar refractivity (Wildman–Crippen MR) is 78.5 cm³/mol. The zero-order valence-corrected chi connectivity index (χ0v) is 12.2. The Bertz CT molecular complexity index is 498. The highest BCUT2D eigenvalue weighted by molar-refractivity contribution is 5.94. The fourth-order valence-electron chi connectivity index (χ4n) is 2.46. The maximum Gasteiger partial charge on any atom is 0.308 e. The summed E-state index contributed by atoms with van der Waals surface area (Å²) in [5.41, 5.74) is 0.574. The topological polar surface area (TPSA) is 66.8 Å². The highest BCUT2D eigenvalue weighted by atomic mass is 16.5. The van der Waals surface area contributed by atoms with Gasteiger partial charge in [0.25, 0.3) is 5.91 Å². The molecule has 1 saturated heterocycles. The van der Waals surface area contributed by atoms with Crippen LogP contribution in [0.3, 0.4) is 0 Å². The number of carboxylic acid groups (broad SMARTS) is 1. The number of piperidine rings is 1. The van der Waals surface area contributed by atoms with Crippen molar-refractivity contribution in [2.45, 2.75) is 26.2 Å². The van der Waals surface area contributed by atoms with E-state index in [4.69, 9.17) is 9.84 Å². The molecule has 1 heterocycles. The van der Waals surface area contributed by atoms with Gasteiger partial charge in [0.05, 0.1) is 12.5 Å². The highest BCUT2D eigenvalue weighted by Gasteiger charge is 2.28. The summed E-state index contributed by atoms with van der Waals surface area (Å²) in [4.78, 5) is 25.1. The van der Waals surface area contributed by atoms with Crippen LogP contribution < -0.4 is 4.74 Å². The first-order valence-corrected chi connectivity index (χ1v) is 7.36. The molecule has 1 aromatic rings. The molecule has 0 saturated carbocycles. The number of likely N-dealkylation sites (tertiary alicyclic amines) is 1. The summed E-state index contributed by atoms with van der Waals surface area (Å²) in [6, 6.07) is 7.03. The zero-order chi connectivity index (χ0) is 15.2. The fourth-order valence-corrected chi connectivity index (χ4v) is 2.46. The van der Waals surface area contributed by atoms with E-state index in [1.807, 2.05) is 6.92 Å². The summed E-state index contributed by atoms with van der Waals surface area (Å²) in [7, 11) is 0. The van der Waals surface area contributed by atoms with Gasteiger partial charge in [-0.05, 0) is 43.5 Å². The Kier molecular flexibility index (Phi) is 5.20. The number of rotatable bonds is 5. The quantitative estimate of drug-likeness (QED) is 0.904. The van der Waals surface area contributed by atoms with Crippen molar-refractivity contribution in [3.05, 3.63) is 29.8 Å². The molecule has 0 unspecified atom stereocenters. The van der Waals surface area contributed by atoms with Gasteiger partial charge in [0.15, 0.2) is 0 Å². The van der Waals surface area contributed by atoms with Crippen molar-refractivity contribution in [3.63, 3.8) is 0 Å². The van der Waals surface area contributed by atoms with Gasteiger partial charge >= 0.3 is 5.97 Å². The third-order valence-corrected chi connectivity index (χ3v) is 3.63. The number of amides is 1. The number of carbonyl (C=O) groups excluding carboxylic acids is 1. The van der Waals surface area contributed by atoms with Crippen molar-refractivity contribution in [1.82, 2.24) is 4.90 Å². The molecule has 1 aliphatic heterocycles. The van der Waals surface area contributed by atoms with Gasteiger partial charge in [-0.1, -0.05) is 6.92 Å². The monoisotopic (exact) mass is 291 g/mol. The maximum atomic E-state index is 12.4. The Balaban J connectivity index is 2.00. The van der Waals surface area contributed by atoms with Gasteiger partial charge in [-0.2, -0.15) is 0 Å². The van der Waals surface area contributed by atoms with E-state index in [9.17, 15) is 9.59 Å². The predicted octanol–water partition coefficient (Wildman–Crippen LogP) is 2.41. The third-order valence-electron chi connectivity index (χ3n) is 3.63. The number of aliphatic carboxylic acids is 1. The first-order valence-electron chi connectivity index (χ1n) is 7.36. The molecule has 1 amide bonds. The van der Waals surface area contributed by atoms with Gasteiger partial charge in [0.2, 0.25) is 0 Å².